The van der Waals surface area contributed by atoms with Gasteiger partial charge < -0.3 is 14.5 Å². The molecule has 0 bridgehead atoms. The predicted molar refractivity (Wildman–Crippen MR) is 76.5 cm³/mol. The van der Waals surface area contributed by atoms with E-state index in [1.807, 2.05) is 32.9 Å². The Bertz CT molecular complexity index is 436. The molecule has 5 nitrogen and oxygen atoms in total. The van der Waals surface area contributed by atoms with E-state index in [9.17, 15) is 4.79 Å². The third kappa shape index (κ3) is 4.00. The van der Waals surface area contributed by atoms with Crippen molar-refractivity contribution in [3.8, 4) is 0 Å². The van der Waals surface area contributed by atoms with Crippen molar-refractivity contribution in [1.29, 1.82) is 0 Å². The Morgan fingerprint density at radius 3 is 2.90 bits per heavy atom. The maximum atomic E-state index is 11.7. The maximum Gasteiger partial charge on any atom is 0.407 e. The summed E-state index contributed by atoms with van der Waals surface area (Å²) in [5, 5.41) is 2.93. The smallest absolute Gasteiger partial charge is 0.407 e. The molecule has 1 aromatic rings. The average molecular weight is 280 g/mol. The third-order valence-electron chi connectivity index (χ3n) is 3.44. The van der Waals surface area contributed by atoms with E-state index in [0.29, 0.717) is 0 Å². The molecule has 0 saturated carbocycles. The summed E-state index contributed by atoms with van der Waals surface area (Å²) < 4.78 is 10.7. The second kappa shape index (κ2) is 5.87. The van der Waals surface area contributed by atoms with Crippen LogP contribution in [0.2, 0.25) is 0 Å². The Labute approximate surface area is 120 Å². The van der Waals surface area contributed by atoms with Gasteiger partial charge in [0.05, 0.1) is 12.3 Å². The number of hydrogen-bond donors (Lipinski definition) is 1. The molecule has 2 atom stereocenters. The standard InChI is InChI=1S/C15H24N2O3/c1-11(13-6-5-9-19-13)17-8-7-12(10-17)16-14(18)20-15(2,3)4/h5-6,9,11-12H,7-8,10H2,1-4H3,(H,16,18)/t11-,12+/m0/s1. The summed E-state index contributed by atoms with van der Waals surface area (Å²) in [4.78, 5) is 14.1. The van der Waals surface area contributed by atoms with E-state index in [4.69, 9.17) is 9.15 Å². The molecule has 1 saturated heterocycles. The Morgan fingerprint density at radius 2 is 2.30 bits per heavy atom. The summed E-state index contributed by atoms with van der Waals surface area (Å²) in [5.74, 6) is 0.961. The number of amides is 1. The summed E-state index contributed by atoms with van der Waals surface area (Å²) in [5.41, 5.74) is -0.455. The van der Waals surface area contributed by atoms with Gasteiger partial charge in [-0.25, -0.2) is 4.79 Å². The molecule has 112 valence electrons. The first-order chi connectivity index (χ1) is 9.35. The highest BCUT2D eigenvalue weighted by Gasteiger charge is 2.29. The molecule has 20 heavy (non-hydrogen) atoms. The molecule has 0 unspecified atom stereocenters. The molecule has 1 amide bonds. The Hall–Kier alpha value is -1.49. The zero-order chi connectivity index (χ0) is 14.8. The number of carbonyl (C=O) groups excluding carboxylic acids is 1. The van der Waals surface area contributed by atoms with Crippen molar-refractivity contribution in [3.63, 3.8) is 0 Å². The first kappa shape index (κ1) is 14.9. The molecule has 2 heterocycles. The molecule has 1 fully saturated rings. The van der Waals surface area contributed by atoms with Crippen molar-refractivity contribution in [2.75, 3.05) is 13.1 Å². The molecular formula is C15H24N2O3. The van der Waals surface area contributed by atoms with Crippen molar-refractivity contribution in [1.82, 2.24) is 10.2 Å². The van der Waals surface area contributed by atoms with Crippen LogP contribution in [0, 0.1) is 0 Å². The lowest BCUT2D eigenvalue weighted by atomic mass is 10.2. The van der Waals surface area contributed by atoms with Crippen molar-refractivity contribution in [3.05, 3.63) is 24.2 Å². The Balaban J connectivity index is 1.82. The molecule has 0 radical (unpaired) electrons. The van der Waals surface area contributed by atoms with Gasteiger partial charge in [-0.2, -0.15) is 0 Å². The van der Waals surface area contributed by atoms with Crippen LogP contribution in [-0.4, -0.2) is 35.7 Å². The van der Waals surface area contributed by atoms with Crippen LogP contribution in [0.5, 0.6) is 0 Å². The van der Waals surface area contributed by atoms with Crippen molar-refractivity contribution >= 4 is 6.09 Å². The fourth-order valence-electron chi connectivity index (χ4n) is 2.44. The molecule has 1 aliphatic rings. The highest BCUT2D eigenvalue weighted by atomic mass is 16.6. The molecule has 1 aliphatic heterocycles. The number of nitrogens with zero attached hydrogens (tertiary/aromatic N) is 1. The number of likely N-dealkylation sites (tertiary alicyclic amines) is 1. The van der Waals surface area contributed by atoms with E-state index in [1.165, 1.54) is 0 Å². The number of hydrogen-bond acceptors (Lipinski definition) is 4. The van der Waals surface area contributed by atoms with E-state index in [-0.39, 0.29) is 18.2 Å². The average Bonchev–Trinajstić information content (AvgIpc) is 2.95. The van der Waals surface area contributed by atoms with Gasteiger partial charge in [-0.05, 0) is 46.2 Å². The van der Waals surface area contributed by atoms with E-state index in [0.717, 1.165) is 25.3 Å². The minimum Gasteiger partial charge on any atom is -0.468 e. The largest absolute Gasteiger partial charge is 0.468 e. The zero-order valence-electron chi connectivity index (χ0n) is 12.7. The summed E-state index contributed by atoms with van der Waals surface area (Å²) in [6, 6.07) is 4.26. The van der Waals surface area contributed by atoms with Crippen LogP contribution in [0.1, 0.15) is 45.9 Å². The normalized spacial score (nSPS) is 21.7. The van der Waals surface area contributed by atoms with Crippen LogP contribution in [0.25, 0.3) is 0 Å². The minimum absolute atomic E-state index is 0.141. The summed E-state index contributed by atoms with van der Waals surface area (Å²) in [6.45, 7) is 9.49. The lowest BCUT2D eigenvalue weighted by molar-refractivity contribution is 0.0504. The van der Waals surface area contributed by atoms with Crippen LogP contribution < -0.4 is 5.32 Å². The lowest BCUT2D eigenvalue weighted by Crippen LogP contribution is -2.40. The third-order valence-corrected chi connectivity index (χ3v) is 3.44. The lowest BCUT2D eigenvalue weighted by Gasteiger charge is -2.24. The first-order valence-electron chi connectivity index (χ1n) is 7.12. The maximum absolute atomic E-state index is 11.7. The minimum atomic E-state index is -0.455. The van der Waals surface area contributed by atoms with E-state index < -0.39 is 5.60 Å². The van der Waals surface area contributed by atoms with Crippen LogP contribution in [-0.2, 0) is 4.74 Å². The summed E-state index contributed by atoms with van der Waals surface area (Å²) in [7, 11) is 0. The molecule has 0 aromatic carbocycles. The van der Waals surface area contributed by atoms with Gasteiger partial charge in [0.15, 0.2) is 0 Å². The number of furan rings is 1. The summed E-state index contributed by atoms with van der Waals surface area (Å²) >= 11 is 0. The van der Waals surface area contributed by atoms with Crippen LogP contribution in [0.3, 0.4) is 0 Å². The molecule has 0 aliphatic carbocycles. The van der Waals surface area contributed by atoms with Gasteiger partial charge in [-0.1, -0.05) is 0 Å². The van der Waals surface area contributed by atoms with E-state index in [1.54, 1.807) is 6.26 Å². The summed E-state index contributed by atoms with van der Waals surface area (Å²) in [6.07, 6.45) is 2.29. The van der Waals surface area contributed by atoms with Crippen LogP contribution in [0.15, 0.2) is 22.8 Å². The Kier molecular flexibility index (Phi) is 4.38. The first-order valence-corrected chi connectivity index (χ1v) is 7.12. The second-order valence-corrected chi connectivity index (χ2v) is 6.32. The predicted octanol–water partition coefficient (Wildman–Crippen LogP) is 2.94. The molecular weight excluding hydrogens is 256 g/mol. The van der Waals surface area contributed by atoms with Crippen LogP contribution >= 0.6 is 0 Å². The molecule has 1 aromatic heterocycles. The number of ether oxygens (including phenoxy) is 1. The fraction of sp³-hybridized carbons (Fsp3) is 0.667. The molecule has 0 spiro atoms. The van der Waals surface area contributed by atoms with E-state index in [2.05, 4.69) is 17.1 Å². The monoisotopic (exact) mass is 280 g/mol. The topological polar surface area (TPSA) is 54.7 Å². The van der Waals surface area contributed by atoms with Gasteiger partial charge in [0.1, 0.15) is 11.4 Å². The van der Waals surface area contributed by atoms with Gasteiger partial charge >= 0.3 is 6.09 Å². The van der Waals surface area contributed by atoms with E-state index >= 15 is 0 Å². The Morgan fingerprint density at radius 1 is 1.55 bits per heavy atom. The van der Waals surface area contributed by atoms with Gasteiger partial charge in [0.2, 0.25) is 0 Å². The highest BCUT2D eigenvalue weighted by Crippen LogP contribution is 2.25. The quantitative estimate of drug-likeness (QED) is 0.925. The van der Waals surface area contributed by atoms with Gasteiger partial charge in [0.25, 0.3) is 0 Å². The highest BCUT2D eigenvalue weighted by molar-refractivity contribution is 5.68. The number of alkyl carbamates (subject to hydrolysis) is 1. The molecule has 2 rings (SSSR count). The number of rotatable bonds is 3. The van der Waals surface area contributed by atoms with Gasteiger partial charge in [-0.15, -0.1) is 0 Å². The van der Waals surface area contributed by atoms with Crippen molar-refractivity contribution < 1.29 is 13.9 Å². The van der Waals surface area contributed by atoms with Gasteiger partial charge in [-0.3, -0.25) is 4.90 Å². The second-order valence-electron chi connectivity index (χ2n) is 6.32. The SMILES string of the molecule is C[C@@H](c1ccco1)N1CC[C@@H](NC(=O)OC(C)(C)C)C1. The number of carbonyl (C=O) groups is 1. The molecule has 5 heteroatoms. The van der Waals surface area contributed by atoms with Gasteiger partial charge in [0, 0.05) is 19.1 Å². The van der Waals surface area contributed by atoms with Crippen molar-refractivity contribution in [2.45, 2.75) is 51.8 Å². The van der Waals surface area contributed by atoms with Crippen LogP contribution in [0.4, 0.5) is 4.79 Å². The number of nitrogens with one attached hydrogen (secondary N) is 1. The van der Waals surface area contributed by atoms with Crippen molar-refractivity contribution in [2.24, 2.45) is 0 Å². The fourth-order valence-corrected chi connectivity index (χ4v) is 2.44. The zero-order valence-corrected chi connectivity index (χ0v) is 12.7. The molecule has 1 N–H and O–H groups in total.